The van der Waals surface area contributed by atoms with E-state index in [1.165, 1.54) is 0 Å². The number of anilines is 2. The van der Waals surface area contributed by atoms with E-state index in [0.717, 1.165) is 28.1 Å². The highest BCUT2D eigenvalue weighted by Gasteiger charge is 2.59. The summed E-state index contributed by atoms with van der Waals surface area (Å²) in [6.45, 7) is 6.03. The van der Waals surface area contributed by atoms with Crippen molar-refractivity contribution in [2.45, 2.75) is 32.5 Å². The molecule has 0 radical (unpaired) electrons. The number of thiocarbonyl (C=S) groups is 1. The van der Waals surface area contributed by atoms with Crippen LogP contribution in [0.5, 0.6) is 5.75 Å². The summed E-state index contributed by atoms with van der Waals surface area (Å²) in [5.41, 5.74) is 3.65. The zero-order valence-electron chi connectivity index (χ0n) is 18.6. The Hall–Kier alpha value is -3.09. The molecule has 5 rings (SSSR count). The van der Waals surface area contributed by atoms with Gasteiger partial charge in [0.1, 0.15) is 11.7 Å². The van der Waals surface area contributed by atoms with Crippen LogP contribution in [0.2, 0.25) is 5.02 Å². The van der Waals surface area contributed by atoms with Crippen LogP contribution in [-0.2, 0) is 4.79 Å². The van der Waals surface area contributed by atoms with Gasteiger partial charge >= 0.3 is 0 Å². The first-order valence-electron chi connectivity index (χ1n) is 10.8. The lowest BCUT2D eigenvalue weighted by atomic mass is 9.78. The Balaban J connectivity index is 1.63. The zero-order valence-corrected chi connectivity index (χ0v) is 20.1. The molecular formula is C26H24ClN3O2S. The van der Waals surface area contributed by atoms with E-state index in [0.29, 0.717) is 15.8 Å². The molecule has 2 aliphatic heterocycles. The molecule has 3 aromatic rings. The van der Waals surface area contributed by atoms with Crippen LogP contribution < -0.4 is 20.3 Å². The Labute approximate surface area is 203 Å². The predicted octanol–water partition coefficient (Wildman–Crippen LogP) is 5.76. The molecule has 1 fully saturated rings. The minimum atomic E-state index is -1.04. The van der Waals surface area contributed by atoms with Crippen LogP contribution >= 0.6 is 23.8 Å². The molecule has 0 aromatic heterocycles. The third-order valence-electron chi connectivity index (χ3n) is 6.39. The molecule has 1 amide bonds. The van der Waals surface area contributed by atoms with E-state index >= 15 is 0 Å². The Morgan fingerprint density at radius 3 is 2.58 bits per heavy atom. The van der Waals surface area contributed by atoms with Crippen molar-refractivity contribution < 1.29 is 9.53 Å². The second-order valence-corrected chi connectivity index (χ2v) is 9.54. The maximum atomic E-state index is 13.8. The topological polar surface area (TPSA) is 53.6 Å². The number of nitrogens with zero attached hydrogens (tertiary/aromatic N) is 1. The molecule has 0 aliphatic carbocycles. The van der Waals surface area contributed by atoms with Crippen molar-refractivity contribution in [3.8, 4) is 5.75 Å². The number of benzene rings is 3. The van der Waals surface area contributed by atoms with Crippen LogP contribution in [0, 0.1) is 19.8 Å². The van der Waals surface area contributed by atoms with E-state index in [2.05, 4.69) is 23.6 Å². The lowest BCUT2D eigenvalue weighted by Crippen LogP contribution is -2.72. The van der Waals surface area contributed by atoms with Gasteiger partial charge in [0.25, 0.3) is 0 Å². The highest BCUT2D eigenvalue weighted by molar-refractivity contribution is 7.80. The van der Waals surface area contributed by atoms with E-state index in [4.69, 9.17) is 28.6 Å². The average molecular weight is 478 g/mol. The Kier molecular flexibility index (Phi) is 5.30. The second-order valence-electron chi connectivity index (χ2n) is 8.72. The van der Waals surface area contributed by atoms with Crippen LogP contribution in [0.15, 0.2) is 66.7 Å². The SMILES string of the molecule is Cc1ccc(N2C(=S)N[C@H]3c4ccccc4O[C@@]2(C)[C@@H]3C(=O)Nc2ccc(Cl)cc2)c(C)c1. The largest absolute Gasteiger partial charge is 0.467 e. The normalized spacial score (nSPS) is 23.3. The number of rotatable bonds is 3. The molecule has 3 aromatic carbocycles. The van der Waals surface area contributed by atoms with Gasteiger partial charge in [-0.3, -0.25) is 9.69 Å². The lowest BCUT2D eigenvalue weighted by Gasteiger charge is -2.56. The van der Waals surface area contributed by atoms with Gasteiger partial charge in [-0.2, -0.15) is 0 Å². The van der Waals surface area contributed by atoms with Gasteiger partial charge < -0.3 is 15.4 Å². The van der Waals surface area contributed by atoms with Crippen LogP contribution in [0.25, 0.3) is 0 Å². The molecule has 0 saturated carbocycles. The van der Waals surface area contributed by atoms with Crippen molar-refractivity contribution in [2.75, 3.05) is 10.2 Å². The van der Waals surface area contributed by atoms with Crippen LogP contribution in [0.4, 0.5) is 11.4 Å². The number of carbonyl (C=O) groups excluding carboxylic acids is 1. The number of fused-ring (bicyclic) bond motifs is 4. The molecule has 33 heavy (non-hydrogen) atoms. The molecule has 2 heterocycles. The van der Waals surface area contributed by atoms with Crippen molar-refractivity contribution in [1.29, 1.82) is 0 Å². The van der Waals surface area contributed by atoms with Gasteiger partial charge in [-0.25, -0.2) is 0 Å². The molecule has 0 spiro atoms. The van der Waals surface area contributed by atoms with Gasteiger partial charge in [-0.05, 0) is 75.0 Å². The van der Waals surface area contributed by atoms with Crippen molar-refractivity contribution in [3.63, 3.8) is 0 Å². The van der Waals surface area contributed by atoms with Crippen molar-refractivity contribution in [1.82, 2.24) is 5.32 Å². The summed E-state index contributed by atoms with van der Waals surface area (Å²) >= 11 is 11.8. The van der Waals surface area contributed by atoms with Crippen molar-refractivity contribution >= 4 is 46.2 Å². The molecule has 2 N–H and O–H groups in total. The van der Waals surface area contributed by atoms with Gasteiger partial charge in [-0.1, -0.05) is 47.5 Å². The molecule has 2 bridgehead atoms. The monoisotopic (exact) mass is 477 g/mol. The minimum absolute atomic E-state index is 0.163. The number of carbonyl (C=O) groups is 1. The number of nitrogens with one attached hydrogen (secondary N) is 2. The Morgan fingerprint density at radius 1 is 1.12 bits per heavy atom. The predicted molar refractivity (Wildman–Crippen MR) is 136 cm³/mol. The highest BCUT2D eigenvalue weighted by Crippen LogP contribution is 2.50. The van der Waals surface area contributed by atoms with Crippen LogP contribution in [0.1, 0.15) is 29.7 Å². The Bertz CT molecular complexity index is 1260. The second kappa shape index (κ2) is 8.04. The van der Waals surface area contributed by atoms with E-state index in [1.807, 2.05) is 55.1 Å². The number of para-hydroxylation sites is 1. The van der Waals surface area contributed by atoms with Crippen molar-refractivity contribution in [3.05, 3.63) is 88.4 Å². The molecule has 168 valence electrons. The van der Waals surface area contributed by atoms with E-state index in [9.17, 15) is 4.79 Å². The number of amides is 1. The van der Waals surface area contributed by atoms with Gasteiger partial charge in [0.2, 0.25) is 5.91 Å². The summed E-state index contributed by atoms with van der Waals surface area (Å²) in [6.07, 6.45) is 0. The van der Waals surface area contributed by atoms with Gasteiger partial charge in [0.05, 0.1) is 6.04 Å². The minimum Gasteiger partial charge on any atom is -0.467 e. The number of hydrogen-bond donors (Lipinski definition) is 2. The summed E-state index contributed by atoms with van der Waals surface area (Å²) in [6, 6.07) is 20.7. The number of aryl methyl sites for hydroxylation is 2. The molecule has 3 atom stereocenters. The third kappa shape index (κ3) is 3.63. The number of ether oxygens (including phenoxy) is 1. The lowest BCUT2D eigenvalue weighted by molar-refractivity contribution is -0.130. The molecule has 7 heteroatoms. The number of halogens is 1. The van der Waals surface area contributed by atoms with Gasteiger partial charge in [0.15, 0.2) is 10.8 Å². The standard InChI is InChI=1S/C26H24ClN3O2S/c1-15-8-13-20(16(2)14-15)30-25(33)29-23-19-6-4-5-7-21(19)32-26(30,3)22(23)24(31)28-18-11-9-17(27)10-12-18/h4-14,22-23H,1-3H3,(H,28,31)(H,29,33)/t22-,23-,26-/m0/s1. The highest BCUT2D eigenvalue weighted by atomic mass is 35.5. The fourth-order valence-corrected chi connectivity index (χ4v) is 5.44. The molecule has 5 nitrogen and oxygen atoms in total. The summed E-state index contributed by atoms with van der Waals surface area (Å²) in [7, 11) is 0. The molecule has 1 saturated heterocycles. The van der Waals surface area contributed by atoms with Crippen LogP contribution in [0.3, 0.4) is 0 Å². The first-order valence-corrected chi connectivity index (χ1v) is 11.6. The van der Waals surface area contributed by atoms with E-state index < -0.39 is 11.6 Å². The summed E-state index contributed by atoms with van der Waals surface area (Å²) in [5.74, 6) is -0.00937. The first kappa shape index (κ1) is 21.7. The number of hydrogen-bond acceptors (Lipinski definition) is 3. The fourth-order valence-electron chi connectivity index (χ4n) is 4.90. The quantitative estimate of drug-likeness (QED) is 0.470. The van der Waals surface area contributed by atoms with E-state index in [-0.39, 0.29) is 11.9 Å². The van der Waals surface area contributed by atoms with Gasteiger partial charge in [0, 0.05) is 22.0 Å². The maximum Gasteiger partial charge on any atom is 0.236 e. The molecule has 2 aliphatic rings. The summed E-state index contributed by atoms with van der Waals surface area (Å²) in [5, 5.41) is 7.63. The first-order chi connectivity index (χ1) is 15.8. The zero-order chi connectivity index (χ0) is 23.3. The molecule has 0 unspecified atom stereocenters. The summed E-state index contributed by atoms with van der Waals surface area (Å²) in [4.78, 5) is 15.7. The fraction of sp³-hybridized carbons (Fsp3) is 0.231. The smallest absolute Gasteiger partial charge is 0.236 e. The average Bonchev–Trinajstić information content (AvgIpc) is 2.76. The Morgan fingerprint density at radius 2 is 1.85 bits per heavy atom. The van der Waals surface area contributed by atoms with Gasteiger partial charge in [-0.15, -0.1) is 0 Å². The van der Waals surface area contributed by atoms with Crippen LogP contribution in [-0.4, -0.2) is 16.7 Å². The molecular weight excluding hydrogens is 454 g/mol. The van der Waals surface area contributed by atoms with E-state index in [1.54, 1.807) is 24.3 Å². The third-order valence-corrected chi connectivity index (χ3v) is 6.95. The summed E-state index contributed by atoms with van der Waals surface area (Å²) < 4.78 is 6.62. The maximum absolute atomic E-state index is 13.8. The van der Waals surface area contributed by atoms with Crippen molar-refractivity contribution in [2.24, 2.45) is 5.92 Å².